The van der Waals surface area contributed by atoms with Crippen molar-refractivity contribution in [1.82, 2.24) is 15.5 Å². The largest absolute Gasteiger partial charge is 0.370 e. The summed E-state index contributed by atoms with van der Waals surface area (Å²) in [6.07, 6.45) is 3.94. The van der Waals surface area contributed by atoms with Gasteiger partial charge in [-0.15, -0.1) is 0 Å². The van der Waals surface area contributed by atoms with Gasteiger partial charge >= 0.3 is 0 Å². The van der Waals surface area contributed by atoms with Crippen molar-refractivity contribution in [2.24, 2.45) is 22.4 Å². The van der Waals surface area contributed by atoms with Crippen molar-refractivity contribution >= 4 is 5.96 Å². The second-order valence-corrected chi connectivity index (χ2v) is 5.96. The first-order valence-electron chi connectivity index (χ1n) is 6.98. The smallest absolute Gasteiger partial charge is 0.196 e. The molecule has 0 bridgehead atoms. The molecule has 108 valence electrons. The van der Waals surface area contributed by atoms with Gasteiger partial charge in [-0.2, -0.15) is 0 Å². The molecule has 6 nitrogen and oxygen atoms in total. The van der Waals surface area contributed by atoms with E-state index in [2.05, 4.69) is 34.4 Å². The van der Waals surface area contributed by atoms with E-state index in [1.165, 1.54) is 0 Å². The summed E-state index contributed by atoms with van der Waals surface area (Å²) >= 11 is 0. The molecule has 6 N–H and O–H groups in total. The summed E-state index contributed by atoms with van der Waals surface area (Å²) in [5.41, 5.74) is 11.6. The average molecular weight is 266 g/mol. The van der Waals surface area contributed by atoms with E-state index < -0.39 is 5.66 Å². The summed E-state index contributed by atoms with van der Waals surface area (Å²) in [4.78, 5) is 6.64. The van der Waals surface area contributed by atoms with Crippen LogP contribution < -0.4 is 22.1 Å². The zero-order valence-corrected chi connectivity index (χ0v) is 12.1. The van der Waals surface area contributed by atoms with Gasteiger partial charge < -0.3 is 27.0 Å². The summed E-state index contributed by atoms with van der Waals surface area (Å²) in [7, 11) is 2.00. The van der Waals surface area contributed by atoms with Gasteiger partial charge in [-0.1, -0.05) is 13.8 Å². The van der Waals surface area contributed by atoms with Crippen LogP contribution in [0.3, 0.4) is 0 Å². The molecule has 0 aromatic rings. The van der Waals surface area contributed by atoms with Gasteiger partial charge in [0.1, 0.15) is 11.5 Å². The molecule has 1 fully saturated rings. The molecular formula is C13H26N6. The number of hydrogen-bond acceptors (Lipinski definition) is 6. The minimum Gasteiger partial charge on any atom is -0.370 e. The summed E-state index contributed by atoms with van der Waals surface area (Å²) < 4.78 is 0. The van der Waals surface area contributed by atoms with Gasteiger partial charge in [0.2, 0.25) is 0 Å². The molecule has 1 saturated heterocycles. The van der Waals surface area contributed by atoms with Crippen LogP contribution in [0.15, 0.2) is 16.9 Å². The van der Waals surface area contributed by atoms with Crippen LogP contribution in [0.4, 0.5) is 0 Å². The highest BCUT2D eigenvalue weighted by atomic mass is 15.3. The number of nitrogens with zero attached hydrogens (tertiary/aromatic N) is 2. The third-order valence-electron chi connectivity index (χ3n) is 3.64. The summed E-state index contributed by atoms with van der Waals surface area (Å²) in [5.74, 6) is 1.88. The normalized spacial score (nSPS) is 31.2. The van der Waals surface area contributed by atoms with Gasteiger partial charge in [-0.05, 0) is 31.9 Å². The summed E-state index contributed by atoms with van der Waals surface area (Å²) in [6, 6.07) is 0.528. The molecule has 2 aliphatic rings. The summed E-state index contributed by atoms with van der Waals surface area (Å²) in [5, 5.41) is 6.45. The Labute approximate surface area is 115 Å². The van der Waals surface area contributed by atoms with Crippen molar-refractivity contribution in [2.75, 3.05) is 20.1 Å². The molecule has 2 rings (SSSR count). The number of likely N-dealkylation sites (N-methyl/N-ethyl adjacent to an activating group) is 1. The van der Waals surface area contributed by atoms with Gasteiger partial charge in [-0.25, -0.2) is 4.99 Å². The van der Waals surface area contributed by atoms with E-state index in [1.807, 2.05) is 13.1 Å². The number of nitrogens with one attached hydrogen (secondary N) is 2. The predicted molar refractivity (Wildman–Crippen MR) is 78.3 cm³/mol. The number of guanidine groups is 1. The molecule has 2 heterocycles. The van der Waals surface area contributed by atoms with Crippen molar-refractivity contribution < 1.29 is 0 Å². The maximum absolute atomic E-state index is 6.35. The van der Waals surface area contributed by atoms with Gasteiger partial charge in [0.15, 0.2) is 5.96 Å². The van der Waals surface area contributed by atoms with Gasteiger partial charge in [-0.3, -0.25) is 0 Å². The van der Waals surface area contributed by atoms with Gasteiger partial charge in [0.25, 0.3) is 0 Å². The van der Waals surface area contributed by atoms with Crippen LogP contribution in [0, 0.1) is 5.92 Å². The number of likely N-dealkylation sites (tertiary alicyclic amines) is 1. The molecule has 0 aromatic heterocycles. The number of aliphatic imine (C=N–C) groups is 1. The zero-order chi connectivity index (χ0) is 14.0. The molecule has 2 unspecified atom stereocenters. The Morgan fingerprint density at radius 3 is 2.95 bits per heavy atom. The molecule has 0 aliphatic carbocycles. The topological polar surface area (TPSA) is 91.7 Å². The number of nitrogens with two attached hydrogens (primary N) is 2. The van der Waals surface area contributed by atoms with Gasteiger partial charge in [0.05, 0.1) is 0 Å². The highest BCUT2D eigenvalue weighted by molar-refractivity contribution is 5.81. The van der Waals surface area contributed by atoms with Crippen LogP contribution >= 0.6 is 0 Å². The van der Waals surface area contributed by atoms with Crippen LogP contribution in [0.1, 0.15) is 26.7 Å². The van der Waals surface area contributed by atoms with Crippen LogP contribution in [-0.4, -0.2) is 42.7 Å². The quantitative estimate of drug-likeness (QED) is 0.563. The lowest BCUT2D eigenvalue weighted by atomic mass is 9.97. The van der Waals surface area contributed by atoms with E-state index in [9.17, 15) is 0 Å². The summed E-state index contributed by atoms with van der Waals surface area (Å²) in [6.45, 7) is 6.27. The maximum Gasteiger partial charge on any atom is 0.196 e. The van der Waals surface area contributed by atoms with Crippen molar-refractivity contribution in [2.45, 2.75) is 38.4 Å². The van der Waals surface area contributed by atoms with E-state index in [-0.39, 0.29) is 0 Å². The van der Waals surface area contributed by atoms with Crippen molar-refractivity contribution in [3.63, 3.8) is 0 Å². The molecule has 19 heavy (non-hydrogen) atoms. The molecule has 0 radical (unpaired) electrons. The Kier molecular flexibility index (Phi) is 4.01. The van der Waals surface area contributed by atoms with Crippen molar-refractivity contribution in [1.29, 1.82) is 0 Å². The maximum atomic E-state index is 6.35. The highest BCUT2D eigenvalue weighted by Gasteiger charge is 2.31. The van der Waals surface area contributed by atoms with Crippen LogP contribution in [0.25, 0.3) is 0 Å². The first kappa shape index (κ1) is 14.1. The fourth-order valence-electron chi connectivity index (χ4n) is 2.83. The van der Waals surface area contributed by atoms with E-state index in [0.29, 0.717) is 17.9 Å². The lowest BCUT2D eigenvalue weighted by Gasteiger charge is -2.33. The van der Waals surface area contributed by atoms with Crippen molar-refractivity contribution in [3.8, 4) is 0 Å². The SMILES string of the molecule is CNC1CCN(C2=CC(N)(CC(C)C)N=C(N)N2)C1. The average Bonchev–Trinajstić information content (AvgIpc) is 2.74. The third kappa shape index (κ3) is 3.39. The minimum atomic E-state index is -0.684. The first-order chi connectivity index (χ1) is 8.92. The Morgan fingerprint density at radius 2 is 2.37 bits per heavy atom. The highest BCUT2D eigenvalue weighted by Crippen LogP contribution is 2.24. The lowest BCUT2D eigenvalue weighted by Crippen LogP contribution is -2.50. The van der Waals surface area contributed by atoms with E-state index >= 15 is 0 Å². The van der Waals surface area contributed by atoms with E-state index in [1.54, 1.807) is 0 Å². The first-order valence-corrected chi connectivity index (χ1v) is 6.98. The molecule has 6 heteroatoms. The van der Waals surface area contributed by atoms with Crippen LogP contribution in [0.2, 0.25) is 0 Å². The molecule has 2 atom stereocenters. The van der Waals surface area contributed by atoms with E-state index in [0.717, 1.165) is 31.8 Å². The third-order valence-corrected chi connectivity index (χ3v) is 3.64. The molecule has 0 amide bonds. The Hall–Kier alpha value is -1.27. The lowest BCUT2D eigenvalue weighted by molar-refractivity contribution is 0.359. The number of rotatable bonds is 4. The monoisotopic (exact) mass is 266 g/mol. The van der Waals surface area contributed by atoms with Crippen molar-refractivity contribution in [3.05, 3.63) is 11.9 Å². The predicted octanol–water partition coefficient (Wildman–Crippen LogP) is -0.259. The minimum absolute atomic E-state index is 0.411. The Balaban J connectivity index is 2.13. The molecule has 2 aliphatic heterocycles. The number of hydrogen-bond donors (Lipinski definition) is 4. The zero-order valence-electron chi connectivity index (χ0n) is 12.1. The van der Waals surface area contributed by atoms with Crippen LogP contribution in [-0.2, 0) is 0 Å². The van der Waals surface area contributed by atoms with Crippen LogP contribution in [0.5, 0.6) is 0 Å². The fourth-order valence-corrected chi connectivity index (χ4v) is 2.83. The standard InChI is InChI=1S/C13H26N6/c1-9(2)6-13(15)7-11(17-12(14)18-13)19-5-4-10(8-19)16-3/h7,9-10,16H,4-6,8,15H2,1-3H3,(H3,14,17,18). The second-order valence-electron chi connectivity index (χ2n) is 5.96. The van der Waals surface area contributed by atoms with Gasteiger partial charge in [0, 0.05) is 19.1 Å². The Bertz CT molecular complexity index is 389. The van der Waals surface area contributed by atoms with E-state index in [4.69, 9.17) is 11.5 Å². The molecule has 0 aromatic carbocycles. The molecule has 0 spiro atoms. The fraction of sp³-hybridized carbons (Fsp3) is 0.769. The molecular weight excluding hydrogens is 240 g/mol. The Morgan fingerprint density at radius 1 is 1.63 bits per heavy atom. The second kappa shape index (κ2) is 5.38. The molecule has 0 saturated carbocycles.